The maximum absolute atomic E-state index is 11.1. The van der Waals surface area contributed by atoms with E-state index >= 15 is 0 Å². The second kappa shape index (κ2) is 8.22. The van der Waals surface area contributed by atoms with Gasteiger partial charge in [0.1, 0.15) is 5.71 Å². The van der Waals surface area contributed by atoms with Crippen molar-refractivity contribution >= 4 is 35.4 Å². The molecule has 0 spiro atoms. The van der Waals surface area contributed by atoms with Crippen LogP contribution in [0.25, 0.3) is 0 Å². The van der Waals surface area contributed by atoms with Crippen LogP contribution in [-0.2, 0) is 9.59 Å². The van der Waals surface area contributed by atoms with E-state index in [0.29, 0.717) is 18.1 Å². The zero-order chi connectivity index (χ0) is 18.5. The highest BCUT2D eigenvalue weighted by Crippen LogP contribution is 2.33. The first kappa shape index (κ1) is 20.1. The van der Waals surface area contributed by atoms with Gasteiger partial charge in [0.15, 0.2) is 0 Å². The van der Waals surface area contributed by atoms with E-state index in [9.17, 15) is 22.8 Å². The monoisotopic (exact) mass is 370 g/mol. The quantitative estimate of drug-likeness (QED) is 0.353. The first-order valence-electron chi connectivity index (χ1n) is 6.88. The summed E-state index contributed by atoms with van der Waals surface area (Å²) in [4.78, 5) is 30.7. The largest absolute Gasteiger partial charge is 0.477 e. The Morgan fingerprint density at radius 3 is 2.46 bits per heavy atom. The average Bonchev–Trinajstić information content (AvgIpc) is 2.98. The molecule has 136 valence electrons. The Morgan fingerprint density at radius 2 is 1.96 bits per heavy atom. The van der Waals surface area contributed by atoms with Gasteiger partial charge >= 0.3 is 24.1 Å². The van der Waals surface area contributed by atoms with Gasteiger partial charge < -0.3 is 21.5 Å². The van der Waals surface area contributed by atoms with Gasteiger partial charge in [-0.2, -0.15) is 24.9 Å². The zero-order valence-electron chi connectivity index (χ0n) is 12.4. The molecule has 0 aromatic carbocycles. The molecule has 2 heterocycles. The summed E-state index contributed by atoms with van der Waals surface area (Å²) in [6.45, 7) is 0. The van der Waals surface area contributed by atoms with Gasteiger partial charge in [-0.15, -0.1) is 0 Å². The van der Waals surface area contributed by atoms with E-state index in [1.165, 1.54) is 0 Å². The molecule has 2 fully saturated rings. The number of nitrogens with one attached hydrogen (secondary N) is 3. The fraction of sp³-hybridized carbons (Fsp3) is 0.667. The highest BCUT2D eigenvalue weighted by Gasteiger charge is 2.42. The molecule has 2 rings (SSSR count). The van der Waals surface area contributed by atoms with Crippen molar-refractivity contribution in [3.63, 3.8) is 0 Å². The first-order chi connectivity index (χ1) is 11.0. The summed E-state index contributed by atoms with van der Waals surface area (Å²) in [6.07, 6.45) is -3.05. The Labute approximate surface area is 139 Å². The van der Waals surface area contributed by atoms with Gasteiger partial charge in [-0.05, 0) is 19.3 Å². The summed E-state index contributed by atoms with van der Waals surface area (Å²) in [6, 6.07) is 0.256. The smallest absolute Gasteiger partial charge is 0.470 e. The van der Waals surface area contributed by atoms with E-state index in [0.717, 1.165) is 12.2 Å². The van der Waals surface area contributed by atoms with Gasteiger partial charge in [-0.3, -0.25) is 10.2 Å². The molecule has 0 bridgehead atoms. The second-order valence-corrected chi connectivity index (χ2v) is 6.43. The molecular formula is C12H17F3N4O4S. The lowest BCUT2D eigenvalue weighted by Gasteiger charge is -2.16. The Kier molecular flexibility index (Phi) is 6.87. The molecule has 24 heavy (non-hydrogen) atoms. The lowest BCUT2D eigenvalue weighted by Crippen LogP contribution is -2.36. The number of urea groups is 1. The number of thioether (sulfide) groups is 1. The predicted molar refractivity (Wildman–Crippen MR) is 80.0 cm³/mol. The summed E-state index contributed by atoms with van der Waals surface area (Å²) < 4.78 is 32.1. The van der Waals surface area contributed by atoms with Crippen molar-refractivity contribution < 1.29 is 32.7 Å². The number of carboxylic acids is 1. The number of rotatable bonds is 5. The van der Waals surface area contributed by atoms with Gasteiger partial charge in [0.25, 0.3) is 0 Å². The highest BCUT2D eigenvalue weighted by molar-refractivity contribution is 8.00. The number of nitrogens with two attached hydrogens (primary N) is 1. The normalized spacial score (nSPS) is 25.0. The molecule has 2 saturated heterocycles. The Balaban J connectivity index is 0.000000351. The summed E-state index contributed by atoms with van der Waals surface area (Å²) in [5.41, 5.74) is 3.57. The van der Waals surface area contributed by atoms with E-state index in [1.54, 1.807) is 11.8 Å². The number of aliphatic carboxylic acids is 1. The number of halogens is 3. The van der Waals surface area contributed by atoms with Gasteiger partial charge in [0.05, 0.1) is 12.1 Å². The number of carbonyl (C=O) groups excluding carboxylic acids is 2. The molecule has 0 aromatic heterocycles. The third kappa shape index (κ3) is 5.91. The van der Waals surface area contributed by atoms with E-state index in [1.807, 2.05) is 0 Å². The van der Waals surface area contributed by atoms with Crippen LogP contribution < -0.4 is 16.4 Å². The van der Waals surface area contributed by atoms with Gasteiger partial charge in [-0.25, -0.2) is 9.59 Å². The first-order valence-corrected chi connectivity index (χ1v) is 7.93. The molecule has 0 saturated carbocycles. The van der Waals surface area contributed by atoms with Gasteiger partial charge in [-0.1, -0.05) is 0 Å². The van der Waals surface area contributed by atoms with Crippen LogP contribution in [0.5, 0.6) is 0 Å². The average molecular weight is 370 g/mol. The SMILES string of the molecule is N=C(CCC[C@@H]1SC[C@@H]2NC(=O)N[C@@H]21)C(=O)O.NC(=O)C(F)(F)F. The number of hydrogen-bond donors (Lipinski definition) is 5. The molecule has 0 unspecified atom stereocenters. The third-order valence-corrected chi connectivity index (χ3v) is 4.90. The van der Waals surface area contributed by atoms with Crippen molar-refractivity contribution in [1.29, 1.82) is 5.41 Å². The Morgan fingerprint density at radius 1 is 1.38 bits per heavy atom. The van der Waals surface area contributed by atoms with E-state index in [-0.39, 0.29) is 23.8 Å². The Bertz CT molecular complexity index is 529. The van der Waals surface area contributed by atoms with Crippen LogP contribution in [0.3, 0.4) is 0 Å². The van der Waals surface area contributed by atoms with Crippen molar-refractivity contribution in [2.75, 3.05) is 5.75 Å². The van der Waals surface area contributed by atoms with Crippen LogP contribution in [0.4, 0.5) is 18.0 Å². The minimum Gasteiger partial charge on any atom is -0.477 e. The molecule has 3 atom stereocenters. The molecule has 6 N–H and O–H groups in total. The predicted octanol–water partition coefficient (Wildman–Crippen LogP) is 0.460. The second-order valence-electron chi connectivity index (χ2n) is 5.16. The van der Waals surface area contributed by atoms with Crippen molar-refractivity contribution in [3.8, 4) is 0 Å². The maximum atomic E-state index is 11.1. The van der Waals surface area contributed by atoms with Crippen LogP contribution in [-0.4, -0.2) is 58.0 Å². The molecule has 12 heteroatoms. The fourth-order valence-electron chi connectivity index (χ4n) is 2.23. The van der Waals surface area contributed by atoms with Gasteiger partial charge in [0, 0.05) is 11.0 Å². The number of amides is 3. The molecular weight excluding hydrogens is 353 g/mol. The summed E-state index contributed by atoms with van der Waals surface area (Å²) in [7, 11) is 0. The summed E-state index contributed by atoms with van der Waals surface area (Å²) >= 11 is 1.80. The molecule has 2 aliphatic heterocycles. The number of carbonyl (C=O) groups is 3. The minimum absolute atomic E-state index is 0.108. The standard InChI is InChI=1S/C10H15N3O3S.C2H2F3NO/c11-5(9(14)15)2-1-3-7-8-6(4-17-7)12-10(16)13-8;3-2(4,5)1(6)7/h6-8,11H,1-4H2,(H,14,15)(H2,12,13,16);(H2,6,7)/t6-,7-,8-;/m0./s1. The molecule has 3 amide bonds. The topological polar surface area (TPSA) is 145 Å². The summed E-state index contributed by atoms with van der Waals surface area (Å²) in [5.74, 6) is -2.49. The molecule has 0 radical (unpaired) electrons. The Hall–Kier alpha value is -1.98. The van der Waals surface area contributed by atoms with E-state index in [2.05, 4.69) is 16.4 Å². The molecule has 0 aromatic rings. The number of carboxylic acid groups (broad SMARTS) is 1. The number of hydrogen-bond acceptors (Lipinski definition) is 5. The minimum atomic E-state index is -4.86. The van der Waals surface area contributed by atoms with Crippen molar-refractivity contribution in [2.45, 2.75) is 42.8 Å². The van der Waals surface area contributed by atoms with E-state index in [4.69, 9.17) is 15.3 Å². The van der Waals surface area contributed by atoms with Crippen LogP contribution in [0, 0.1) is 5.41 Å². The molecule has 8 nitrogen and oxygen atoms in total. The molecule has 2 aliphatic rings. The number of primary amides is 1. The van der Waals surface area contributed by atoms with Gasteiger partial charge in [0.2, 0.25) is 0 Å². The third-order valence-electron chi connectivity index (χ3n) is 3.39. The molecule has 0 aliphatic carbocycles. The van der Waals surface area contributed by atoms with Crippen molar-refractivity contribution in [1.82, 2.24) is 10.6 Å². The number of alkyl halides is 3. The van der Waals surface area contributed by atoms with E-state index < -0.39 is 18.1 Å². The maximum Gasteiger partial charge on any atom is 0.470 e. The van der Waals surface area contributed by atoms with Crippen molar-refractivity contribution in [2.24, 2.45) is 5.73 Å². The lowest BCUT2D eigenvalue weighted by molar-refractivity contribution is -0.169. The highest BCUT2D eigenvalue weighted by atomic mass is 32.2. The number of fused-ring (bicyclic) bond motifs is 1. The van der Waals surface area contributed by atoms with Crippen LogP contribution in [0.15, 0.2) is 0 Å². The van der Waals surface area contributed by atoms with Crippen LogP contribution in [0.2, 0.25) is 0 Å². The van der Waals surface area contributed by atoms with Crippen LogP contribution in [0.1, 0.15) is 19.3 Å². The lowest BCUT2D eigenvalue weighted by atomic mass is 10.0. The van der Waals surface area contributed by atoms with Crippen LogP contribution >= 0.6 is 11.8 Å². The fourth-order valence-corrected chi connectivity index (χ4v) is 3.77. The van der Waals surface area contributed by atoms with Crippen molar-refractivity contribution in [3.05, 3.63) is 0 Å². The zero-order valence-corrected chi connectivity index (χ0v) is 13.2. The summed E-state index contributed by atoms with van der Waals surface area (Å²) in [5, 5.41) is 21.8.